The van der Waals surface area contributed by atoms with E-state index in [-0.39, 0.29) is 16.1 Å². The molecule has 1 amide bonds. The fourth-order valence-electron chi connectivity index (χ4n) is 1.36. The summed E-state index contributed by atoms with van der Waals surface area (Å²) in [6, 6.07) is 2.37. The van der Waals surface area contributed by atoms with Gasteiger partial charge >= 0.3 is 6.18 Å². The Hall–Kier alpha value is -1.23. The van der Waals surface area contributed by atoms with Gasteiger partial charge in [-0.15, -0.1) is 0 Å². The molecule has 0 radical (unpaired) electrons. The van der Waals surface area contributed by atoms with Crippen LogP contribution in [0.2, 0.25) is 5.02 Å². The van der Waals surface area contributed by atoms with Gasteiger partial charge in [-0.25, -0.2) is 0 Å². The molecule has 0 bridgehead atoms. The van der Waals surface area contributed by atoms with E-state index in [1.165, 1.54) is 13.0 Å². The Morgan fingerprint density at radius 3 is 2.44 bits per heavy atom. The minimum Gasteiger partial charge on any atom is -0.366 e. The first-order chi connectivity index (χ1) is 7.20. The van der Waals surface area contributed by atoms with Gasteiger partial charge in [0.1, 0.15) is 0 Å². The summed E-state index contributed by atoms with van der Waals surface area (Å²) < 4.78 is 36.5. The van der Waals surface area contributed by atoms with Crippen LogP contribution in [0, 0.1) is 6.92 Å². The van der Waals surface area contributed by atoms with Crippen molar-refractivity contribution in [3.63, 3.8) is 0 Å². The molecule has 1 aromatic carbocycles. The minimum absolute atomic E-state index is 0.0248. The molecule has 0 atom stereocenters. The van der Waals surface area contributed by atoms with Gasteiger partial charge in [0.2, 0.25) is 5.91 Å². The Morgan fingerprint density at radius 1 is 1.44 bits per heavy atom. The number of hydrogen-bond acceptors (Lipinski definition) is 1. The van der Waals surface area contributed by atoms with Crippen LogP contribution >= 0.6 is 11.6 Å². The van der Waals surface area contributed by atoms with Gasteiger partial charge in [0, 0.05) is 0 Å². The number of aryl methyl sites for hydroxylation is 1. The lowest BCUT2D eigenvalue weighted by molar-refractivity contribution is -0.127. The summed E-state index contributed by atoms with van der Waals surface area (Å²) in [5, 5.41) is 0.0958. The standard InChI is InChI=1S/C10H9ClF3NO/c1-5-2-6(4-10(12,13)14)3-7(8(5)11)9(15)16/h2-3H,4H2,1H3,(H2,15,16). The second-order valence-corrected chi connectivity index (χ2v) is 3.81. The van der Waals surface area contributed by atoms with Crippen LogP contribution in [0.25, 0.3) is 0 Å². The molecule has 16 heavy (non-hydrogen) atoms. The molecule has 0 saturated heterocycles. The Kier molecular flexibility index (Phi) is 3.48. The third-order valence-electron chi connectivity index (χ3n) is 1.98. The Bertz CT molecular complexity index is 429. The van der Waals surface area contributed by atoms with E-state index < -0.39 is 18.5 Å². The second-order valence-electron chi connectivity index (χ2n) is 3.43. The van der Waals surface area contributed by atoms with Crippen molar-refractivity contribution in [1.29, 1.82) is 0 Å². The molecule has 0 spiro atoms. The Morgan fingerprint density at radius 2 is 2.00 bits per heavy atom. The maximum Gasteiger partial charge on any atom is 0.393 e. The smallest absolute Gasteiger partial charge is 0.366 e. The number of carbonyl (C=O) groups is 1. The van der Waals surface area contributed by atoms with Crippen molar-refractivity contribution in [3.05, 3.63) is 33.8 Å². The highest BCUT2D eigenvalue weighted by atomic mass is 35.5. The van der Waals surface area contributed by atoms with Gasteiger partial charge in [0.25, 0.3) is 0 Å². The molecule has 2 nitrogen and oxygen atoms in total. The molecule has 1 aromatic rings. The largest absolute Gasteiger partial charge is 0.393 e. The van der Waals surface area contributed by atoms with Crippen molar-refractivity contribution in [2.24, 2.45) is 5.73 Å². The average molecular weight is 252 g/mol. The molecule has 0 aliphatic rings. The number of primary amides is 1. The zero-order valence-electron chi connectivity index (χ0n) is 8.36. The van der Waals surface area contributed by atoms with Crippen molar-refractivity contribution < 1.29 is 18.0 Å². The van der Waals surface area contributed by atoms with Gasteiger partial charge in [-0.2, -0.15) is 13.2 Å². The van der Waals surface area contributed by atoms with Gasteiger partial charge in [-0.1, -0.05) is 17.7 Å². The van der Waals surface area contributed by atoms with Crippen LogP contribution in [-0.2, 0) is 6.42 Å². The van der Waals surface area contributed by atoms with Gasteiger partial charge in [0.15, 0.2) is 0 Å². The summed E-state index contributed by atoms with van der Waals surface area (Å²) >= 11 is 5.75. The molecule has 0 aliphatic carbocycles. The molecule has 0 aliphatic heterocycles. The topological polar surface area (TPSA) is 43.1 Å². The molecule has 0 fully saturated rings. The Labute approximate surface area is 95.2 Å². The SMILES string of the molecule is Cc1cc(CC(F)(F)F)cc(C(N)=O)c1Cl. The maximum atomic E-state index is 12.2. The highest BCUT2D eigenvalue weighted by Gasteiger charge is 2.28. The second kappa shape index (κ2) is 4.33. The number of amides is 1. The average Bonchev–Trinajstić information content (AvgIpc) is 2.07. The molecule has 6 heteroatoms. The van der Waals surface area contributed by atoms with Gasteiger partial charge in [-0.05, 0) is 24.1 Å². The lowest BCUT2D eigenvalue weighted by atomic mass is 10.0. The molecule has 2 N–H and O–H groups in total. The van der Waals surface area contributed by atoms with Gasteiger partial charge < -0.3 is 5.73 Å². The van der Waals surface area contributed by atoms with Crippen molar-refractivity contribution in [2.75, 3.05) is 0 Å². The highest BCUT2D eigenvalue weighted by molar-refractivity contribution is 6.34. The van der Waals surface area contributed by atoms with Gasteiger partial charge in [0.05, 0.1) is 17.0 Å². The highest BCUT2D eigenvalue weighted by Crippen LogP contribution is 2.27. The van der Waals surface area contributed by atoms with E-state index in [2.05, 4.69) is 0 Å². The summed E-state index contributed by atoms with van der Waals surface area (Å²) in [6.07, 6.45) is -5.43. The third kappa shape index (κ3) is 3.13. The van der Waals surface area contributed by atoms with Crippen LogP contribution in [0.5, 0.6) is 0 Å². The third-order valence-corrected chi connectivity index (χ3v) is 2.49. The van der Waals surface area contributed by atoms with E-state index in [4.69, 9.17) is 17.3 Å². The number of carbonyl (C=O) groups excluding carboxylic acids is 1. The van der Waals surface area contributed by atoms with Crippen LogP contribution in [-0.4, -0.2) is 12.1 Å². The number of alkyl halides is 3. The monoisotopic (exact) mass is 251 g/mol. The lowest BCUT2D eigenvalue weighted by Gasteiger charge is -2.10. The number of rotatable bonds is 2. The van der Waals surface area contributed by atoms with E-state index >= 15 is 0 Å². The quantitative estimate of drug-likeness (QED) is 0.863. The van der Waals surface area contributed by atoms with Crippen LogP contribution in [0.3, 0.4) is 0 Å². The van der Waals surface area contributed by atoms with Crippen molar-refractivity contribution in [2.45, 2.75) is 19.5 Å². The summed E-state index contributed by atoms with van der Waals surface area (Å²) in [5.74, 6) is -0.836. The number of benzene rings is 1. The molecule has 88 valence electrons. The fraction of sp³-hybridized carbons (Fsp3) is 0.300. The lowest BCUT2D eigenvalue weighted by Crippen LogP contribution is -2.15. The predicted molar refractivity (Wildman–Crippen MR) is 54.5 cm³/mol. The summed E-state index contributed by atoms with van der Waals surface area (Å²) in [4.78, 5) is 10.9. The van der Waals surface area contributed by atoms with Crippen LogP contribution < -0.4 is 5.73 Å². The summed E-state index contributed by atoms with van der Waals surface area (Å²) in [7, 11) is 0. The first-order valence-corrected chi connectivity index (χ1v) is 4.74. The van der Waals surface area contributed by atoms with Gasteiger partial charge in [-0.3, -0.25) is 4.79 Å². The first-order valence-electron chi connectivity index (χ1n) is 4.36. The molecule has 0 heterocycles. The fourth-order valence-corrected chi connectivity index (χ4v) is 1.56. The number of hydrogen-bond donors (Lipinski definition) is 1. The summed E-state index contributed by atoms with van der Waals surface area (Å²) in [5.41, 5.74) is 5.30. The van der Waals surface area contributed by atoms with E-state index in [1.807, 2.05) is 0 Å². The molecule has 1 rings (SSSR count). The molecular weight excluding hydrogens is 243 g/mol. The van der Waals surface area contributed by atoms with Crippen LogP contribution in [0.4, 0.5) is 13.2 Å². The normalized spacial score (nSPS) is 11.6. The minimum atomic E-state index is -4.32. The molecule has 0 aromatic heterocycles. The van der Waals surface area contributed by atoms with Crippen molar-refractivity contribution in [1.82, 2.24) is 0 Å². The predicted octanol–water partition coefficient (Wildman–Crippen LogP) is 2.85. The molecule has 0 unspecified atom stereocenters. The zero-order chi connectivity index (χ0) is 12.5. The number of halogens is 4. The van der Waals surface area contributed by atoms with E-state index in [1.54, 1.807) is 0 Å². The summed E-state index contributed by atoms with van der Waals surface area (Å²) in [6.45, 7) is 1.52. The van der Waals surface area contributed by atoms with E-state index in [0.717, 1.165) is 6.07 Å². The van der Waals surface area contributed by atoms with Crippen molar-refractivity contribution in [3.8, 4) is 0 Å². The van der Waals surface area contributed by atoms with Crippen LogP contribution in [0.15, 0.2) is 12.1 Å². The van der Waals surface area contributed by atoms with Crippen molar-refractivity contribution >= 4 is 17.5 Å². The molecular formula is C10H9ClF3NO. The van der Waals surface area contributed by atoms with Crippen LogP contribution in [0.1, 0.15) is 21.5 Å². The van der Waals surface area contributed by atoms with E-state index in [0.29, 0.717) is 5.56 Å². The number of nitrogens with two attached hydrogens (primary N) is 1. The van der Waals surface area contributed by atoms with E-state index in [9.17, 15) is 18.0 Å². The first kappa shape index (κ1) is 12.8. The molecule has 0 saturated carbocycles. The Balaban J connectivity index is 3.19. The zero-order valence-corrected chi connectivity index (χ0v) is 9.12. The maximum absolute atomic E-state index is 12.2.